The first-order valence-corrected chi connectivity index (χ1v) is 10.7. The Kier molecular flexibility index (Phi) is 6.85. The number of para-hydroxylation sites is 2. The number of nitrogens with zero attached hydrogens (tertiary/aromatic N) is 2. The zero-order valence-electron chi connectivity index (χ0n) is 17.6. The van der Waals surface area contributed by atoms with E-state index in [1.54, 1.807) is 24.3 Å². The second-order valence-corrected chi connectivity index (χ2v) is 7.71. The van der Waals surface area contributed by atoms with Crippen LogP contribution in [0.3, 0.4) is 0 Å². The highest BCUT2D eigenvalue weighted by Gasteiger charge is 2.28. The average molecular weight is 417 g/mol. The predicted molar refractivity (Wildman–Crippen MR) is 121 cm³/mol. The largest absolute Gasteiger partial charge is 0.504 e. The molecular formula is C26H28N2O3. The Morgan fingerprint density at radius 2 is 1.35 bits per heavy atom. The van der Waals surface area contributed by atoms with Gasteiger partial charge in [0.05, 0.1) is 19.1 Å². The van der Waals surface area contributed by atoms with Crippen molar-refractivity contribution in [1.29, 1.82) is 0 Å². The number of hydrogen-bond acceptors (Lipinski definition) is 4. The molecule has 0 unspecified atom stereocenters. The zero-order valence-corrected chi connectivity index (χ0v) is 17.6. The summed E-state index contributed by atoms with van der Waals surface area (Å²) in [6, 6.07) is 28.1. The minimum Gasteiger partial charge on any atom is -0.504 e. The fourth-order valence-corrected chi connectivity index (χ4v) is 4.10. The first-order chi connectivity index (χ1) is 15.2. The maximum atomic E-state index is 12.7. The normalized spacial score (nSPS) is 14.5. The summed E-state index contributed by atoms with van der Waals surface area (Å²) in [6.45, 7) is 3.30. The number of rotatable bonds is 7. The molecule has 0 atom stereocenters. The molecule has 160 valence electrons. The van der Waals surface area contributed by atoms with Crippen molar-refractivity contribution in [2.45, 2.75) is 12.5 Å². The maximum absolute atomic E-state index is 12.7. The molecule has 1 N–H and O–H groups in total. The highest BCUT2D eigenvalue weighted by molar-refractivity contribution is 5.76. The van der Waals surface area contributed by atoms with Crippen molar-refractivity contribution in [3.8, 4) is 11.5 Å². The van der Waals surface area contributed by atoms with Crippen molar-refractivity contribution >= 4 is 5.91 Å². The second kappa shape index (κ2) is 10.1. The van der Waals surface area contributed by atoms with Gasteiger partial charge >= 0.3 is 0 Å². The molecule has 5 heteroatoms. The summed E-state index contributed by atoms with van der Waals surface area (Å²) in [7, 11) is 0. The van der Waals surface area contributed by atoms with Crippen LogP contribution in [-0.4, -0.2) is 53.6 Å². The van der Waals surface area contributed by atoms with Crippen LogP contribution >= 0.6 is 0 Å². The fourth-order valence-electron chi connectivity index (χ4n) is 4.10. The molecule has 0 saturated carbocycles. The summed E-state index contributed by atoms with van der Waals surface area (Å²) in [6.07, 6.45) is 0.301. The van der Waals surface area contributed by atoms with Crippen LogP contribution in [0, 0.1) is 0 Å². The lowest BCUT2D eigenvalue weighted by Gasteiger charge is -2.39. The van der Waals surface area contributed by atoms with Gasteiger partial charge in [-0.2, -0.15) is 0 Å². The standard InChI is InChI=1S/C26H28N2O3/c29-23-13-7-8-14-24(23)31-20-15-25(30)27-16-18-28(19-17-27)26(21-9-3-1-4-10-21)22-11-5-2-6-12-22/h1-14,26,29H,15-20H2. The average Bonchev–Trinajstić information content (AvgIpc) is 2.82. The van der Waals surface area contributed by atoms with Crippen LogP contribution in [0.15, 0.2) is 84.9 Å². The van der Waals surface area contributed by atoms with E-state index in [4.69, 9.17) is 4.74 Å². The van der Waals surface area contributed by atoms with Gasteiger partial charge in [-0.3, -0.25) is 9.69 Å². The third kappa shape index (κ3) is 5.25. The van der Waals surface area contributed by atoms with Crippen molar-refractivity contribution in [2.75, 3.05) is 32.8 Å². The van der Waals surface area contributed by atoms with Gasteiger partial charge in [0.1, 0.15) is 0 Å². The van der Waals surface area contributed by atoms with Crippen LogP contribution in [0.4, 0.5) is 0 Å². The molecule has 1 heterocycles. The summed E-state index contributed by atoms with van der Waals surface area (Å²) >= 11 is 0. The Balaban J connectivity index is 1.34. The van der Waals surface area contributed by atoms with E-state index in [-0.39, 0.29) is 24.3 Å². The summed E-state index contributed by atoms with van der Waals surface area (Å²) in [5, 5.41) is 9.77. The Labute approximate surface area is 183 Å². The molecule has 0 bridgehead atoms. The zero-order chi connectivity index (χ0) is 21.5. The van der Waals surface area contributed by atoms with Gasteiger partial charge in [0.25, 0.3) is 0 Å². The number of aromatic hydroxyl groups is 1. The fraction of sp³-hybridized carbons (Fsp3) is 0.269. The van der Waals surface area contributed by atoms with Crippen molar-refractivity contribution < 1.29 is 14.6 Å². The monoisotopic (exact) mass is 416 g/mol. The molecule has 1 aliphatic rings. The number of benzene rings is 3. The van der Waals surface area contributed by atoms with Gasteiger partial charge < -0.3 is 14.7 Å². The smallest absolute Gasteiger partial charge is 0.226 e. The van der Waals surface area contributed by atoms with Gasteiger partial charge in [-0.05, 0) is 23.3 Å². The van der Waals surface area contributed by atoms with E-state index in [1.165, 1.54) is 11.1 Å². The van der Waals surface area contributed by atoms with Crippen LogP contribution in [0.1, 0.15) is 23.6 Å². The summed E-state index contributed by atoms with van der Waals surface area (Å²) in [5.74, 6) is 0.594. The molecular weight excluding hydrogens is 388 g/mol. The molecule has 1 amide bonds. The van der Waals surface area contributed by atoms with Gasteiger partial charge in [-0.25, -0.2) is 0 Å². The number of phenols is 1. The minimum atomic E-state index is 0.0889. The highest BCUT2D eigenvalue weighted by Crippen LogP contribution is 2.29. The van der Waals surface area contributed by atoms with Crippen molar-refractivity contribution in [2.24, 2.45) is 0 Å². The minimum absolute atomic E-state index is 0.0889. The van der Waals surface area contributed by atoms with Crippen molar-refractivity contribution in [1.82, 2.24) is 9.80 Å². The number of hydrogen-bond donors (Lipinski definition) is 1. The Hall–Kier alpha value is -3.31. The van der Waals surface area contributed by atoms with Crippen LogP contribution in [-0.2, 0) is 4.79 Å². The lowest BCUT2D eigenvalue weighted by molar-refractivity contribution is -0.133. The molecule has 31 heavy (non-hydrogen) atoms. The first-order valence-electron chi connectivity index (χ1n) is 10.7. The van der Waals surface area contributed by atoms with Gasteiger partial charge in [-0.1, -0.05) is 72.8 Å². The van der Waals surface area contributed by atoms with E-state index in [0.29, 0.717) is 25.3 Å². The lowest BCUT2D eigenvalue weighted by atomic mass is 9.96. The van der Waals surface area contributed by atoms with Crippen molar-refractivity contribution in [3.05, 3.63) is 96.1 Å². The maximum Gasteiger partial charge on any atom is 0.226 e. The van der Waals surface area contributed by atoms with E-state index in [2.05, 4.69) is 53.4 Å². The van der Waals surface area contributed by atoms with Gasteiger partial charge in [0.15, 0.2) is 11.5 Å². The van der Waals surface area contributed by atoms with Crippen LogP contribution in [0.2, 0.25) is 0 Å². The van der Waals surface area contributed by atoms with Crippen molar-refractivity contribution in [3.63, 3.8) is 0 Å². The summed E-state index contributed by atoms with van der Waals surface area (Å²) in [4.78, 5) is 17.0. The number of phenolic OH excluding ortho intramolecular Hbond substituents is 1. The second-order valence-electron chi connectivity index (χ2n) is 7.71. The Bertz CT molecular complexity index is 931. The Morgan fingerprint density at radius 1 is 0.806 bits per heavy atom. The molecule has 0 radical (unpaired) electrons. The third-order valence-corrected chi connectivity index (χ3v) is 5.70. The van der Waals surface area contributed by atoms with Crippen LogP contribution in [0.5, 0.6) is 11.5 Å². The van der Waals surface area contributed by atoms with Gasteiger partial charge in [-0.15, -0.1) is 0 Å². The molecule has 0 aromatic heterocycles. The summed E-state index contributed by atoms with van der Waals surface area (Å²) < 4.78 is 5.57. The molecule has 3 aromatic carbocycles. The third-order valence-electron chi connectivity index (χ3n) is 5.70. The number of carbonyl (C=O) groups excluding carboxylic acids is 1. The molecule has 1 saturated heterocycles. The summed E-state index contributed by atoms with van der Waals surface area (Å²) in [5.41, 5.74) is 2.54. The number of carbonyl (C=O) groups is 1. The Morgan fingerprint density at radius 3 is 1.94 bits per heavy atom. The molecule has 3 aromatic rings. The highest BCUT2D eigenvalue weighted by atomic mass is 16.5. The molecule has 0 spiro atoms. The number of piperazine rings is 1. The SMILES string of the molecule is O=C(CCOc1ccccc1O)N1CCN(C(c2ccccc2)c2ccccc2)CC1. The topological polar surface area (TPSA) is 53.0 Å². The molecule has 4 rings (SSSR count). The molecule has 1 aliphatic heterocycles. The van der Waals surface area contributed by atoms with Gasteiger partial charge in [0.2, 0.25) is 5.91 Å². The molecule has 0 aliphatic carbocycles. The first kappa shape index (κ1) is 20.9. The number of ether oxygens (including phenoxy) is 1. The van der Waals surface area contributed by atoms with E-state index < -0.39 is 0 Å². The van der Waals surface area contributed by atoms with Crippen LogP contribution in [0.25, 0.3) is 0 Å². The van der Waals surface area contributed by atoms with Gasteiger partial charge in [0, 0.05) is 26.2 Å². The van der Waals surface area contributed by atoms with E-state index in [0.717, 1.165) is 13.1 Å². The van der Waals surface area contributed by atoms with Crippen LogP contribution < -0.4 is 4.74 Å². The predicted octanol–water partition coefficient (Wildman–Crippen LogP) is 4.09. The van der Waals surface area contributed by atoms with E-state index in [1.807, 2.05) is 17.0 Å². The van der Waals surface area contributed by atoms with E-state index >= 15 is 0 Å². The molecule has 5 nitrogen and oxygen atoms in total. The lowest BCUT2D eigenvalue weighted by Crippen LogP contribution is -2.50. The quantitative estimate of drug-likeness (QED) is 0.630. The van der Waals surface area contributed by atoms with E-state index in [9.17, 15) is 9.90 Å². The molecule has 1 fully saturated rings. The number of amides is 1.